The maximum Gasteiger partial charge on any atom is 0.190 e. The maximum absolute atomic E-state index is 13.9. The number of nitrogens with two attached hydrogens (primary N) is 1. The van der Waals surface area contributed by atoms with Crippen molar-refractivity contribution in [1.82, 2.24) is 0 Å². The maximum atomic E-state index is 13.9. The van der Waals surface area contributed by atoms with E-state index in [9.17, 15) is 8.78 Å². The molecule has 0 radical (unpaired) electrons. The van der Waals surface area contributed by atoms with Gasteiger partial charge in [0, 0.05) is 12.5 Å². The van der Waals surface area contributed by atoms with Gasteiger partial charge in [0.05, 0.1) is 6.61 Å². The van der Waals surface area contributed by atoms with Crippen molar-refractivity contribution in [3.05, 3.63) is 65.2 Å². The summed E-state index contributed by atoms with van der Waals surface area (Å²) in [5, 5.41) is 0. The topological polar surface area (TPSA) is 35.2 Å². The van der Waals surface area contributed by atoms with E-state index in [0.717, 1.165) is 5.56 Å². The van der Waals surface area contributed by atoms with Crippen LogP contribution in [0.3, 0.4) is 0 Å². The summed E-state index contributed by atoms with van der Waals surface area (Å²) in [5.41, 5.74) is 7.23. The van der Waals surface area contributed by atoms with E-state index in [1.807, 2.05) is 30.3 Å². The van der Waals surface area contributed by atoms with Crippen LogP contribution in [0.15, 0.2) is 42.5 Å². The van der Waals surface area contributed by atoms with Crippen molar-refractivity contribution < 1.29 is 13.5 Å². The van der Waals surface area contributed by atoms with Crippen molar-refractivity contribution in [2.75, 3.05) is 6.61 Å². The molecule has 2 rings (SSSR count). The molecule has 21 heavy (non-hydrogen) atoms. The highest BCUT2D eigenvalue weighted by Gasteiger charge is 2.13. The first-order chi connectivity index (χ1) is 10.1. The Kier molecular flexibility index (Phi) is 5.28. The summed E-state index contributed by atoms with van der Waals surface area (Å²) < 4.78 is 33.0. The lowest BCUT2D eigenvalue weighted by molar-refractivity contribution is 0.288. The molecule has 4 heteroatoms. The number of halogens is 2. The Bertz CT molecular complexity index is 562. The van der Waals surface area contributed by atoms with Crippen LogP contribution in [-0.2, 0) is 12.8 Å². The van der Waals surface area contributed by atoms with Crippen molar-refractivity contribution in [2.45, 2.75) is 25.8 Å². The molecule has 2 aromatic rings. The molecular weight excluding hydrogens is 272 g/mol. The first-order valence-electron chi connectivity index (χ1n) is 6.96. The van der Waals surface area contributed by atoms with E-state index in [1.165, 1.54) is 12.1 Å². The zero-order valence-corrected chi connectivity index (χ0v) is 12.0. The van der Waals surface area contributed by atoms with E-state index in [0.29, 0.717) is 18.4 Å². The molecule has 2 nitrogen and oxygen atoms in total. The van der Waals surface area contributed by atoms with Gasteiger partial charge in [0.1, 0.15) is 0 Å². The van der Waals surface area contributed by atoms with Gasteiger partial charge in [0.25, 0.3) is 0 Å². The molecule has 0 heterocycles. The third-order valence-corrected chi connectivity index (χ3v) is 3.10. The van der Waals surface area contributed by atoms with Crippen LogP contribution in [0.4, 0.5) is 8.78 Å². The molecule has 0 spiro atoms. The minimum atomic E-state index is -0.682. The molecule has 0 aromatic heterocycles. The fourth-order valence-electron chi connectivity index (χ4n) is 2.16. The lowest BCUT2D eigenvalue weighted by Crippen LogP contribution is -2.18. The Morgan fingerprint density at radius 3 is 2.24 bits per heavy atom. The number of ether oxygens (including phenoxy) is 1. The van der Waals surface area contributed by atoms with E-state index >= 15 is 0 Å². The first-order valence-corrected chi connectivity index (χ1v) is 6.96. The van der Waals surface area contributed by atoms with Crippen molar-refractivity contribution in [2.24, 2.45) is 5.73 Å². The number of hydrogen-bond acceptors (Lipinski definition) is 2. The summed E-state index contributed by atoms with van der Waals surface area (Å²) in [6.45, 7) is 2.02. The standard InChI is InChI=1S/C17H19F2NO/c1-12(20)9-14-10-15(18)17(16(19)11-14)21-8-7-13-5-3-2-4-6-13/h2-6,10-12H,7-9,20H2,1H3. The Labute approximate surface area is 123 Å². The van der Waals surface area contributed by atoms with Crippen molar-refractivity contribution in [1.29, 1.82) is 0 Å². The number of rotatable bonds is 6. The third kappa shape index (κ3) is 4.53. The van der Waals surface area contributed by atoms with Gasteiger partial charge in [0.2, 0.25) is 0 Å². The average molecular weight is 291 g/mol. The van der Waals surface area contributed by atoms with Gasteiger partial charge in [-0.05, 0) is 36.6 Å². The molecule has 2 aromatic carbocycles. The van der Waals surface area contributed by atoms with Gasteiger partial charge in [0.15, 0.2) is 17.4 Å². The minimum Gasteiger partial charge on any atom is -0.487 e. The molecule has 0 saturated heterocycles. The van der Waals surface area contributed by atoms with Gasteiger partial charge in [-0.3, -0.25) is 0 Å². The summed E-state index contributed by atoms with van der Waals surface area (Å²) in [6.07, 6.45) is 1.03. The highest BCUT2D eigenvalue weighted by Crippen LogP contribution is 2.24. The molecule has 0 amide bonds. The molecule has 1 unspecified atom stereocenters. The molecule has 0 fully saturated rings. The molecule has 0 aliphatic rings. The fourth-order valence-corrected chi connectivity index (χ4v) is 2.16. The molecule has 0 bridgehead atoms. The quantitative estimate of drug-likeness (QED) is 0.884. The predicted octanol–water partition coefficient (Wildman–Crippen LogP) is 3.48. The Hall–Kier alpha value is -1.94. The highest BCUT2D eigenvalue weighted by atomic mass is 19.1. The Morgan fingerprint density at radius 1 is 1.05 bits per heavy atom. The van der Waals surface area contributed by atoms with Crippen molar-refractivity contribution >= 4 is 0 Å². The first kappa shape index (κ1) is 15.4. The van der Waals surface area contributed by atoms with Crippen LogP contribution in [-0.4, -0.2) is 12.6 Å². The number of benzene rings is 2. The second-order valence-electron chi connectivity index (χ2n) is 5.15. The van der Waals surface area contributed by atoms with E-state index < -0.39 is 11.6 Å². The molecule has 1 atom stereocenters. The van der Waals surface area contributed by atoms with Gasteiger partial charge >= 0.3 is 0 Å². The van der Waals surface area contributed by atoms with Gasteiger partial charge in [-0.25, -0.2) is 8.78 Å². The largest absolute Gasteiger partial charge is 0.487 e. The minimum absolute atomic E-state index is 0.145. The Morgan fingerprint density at radius 2 is 1.67 bits per heavy atom. The number of hydrogen-bond donors (Lipinski definition) is 1. The van der Waals surface area contributed by atoms with Crippen LogP contribution in [0.25, 0.3) is 0 Å². The van der Waals surface area contributed by atoms with Crippen LogP contribution in [0.1, 0.15) is 18.1 Å². The molecular formula is C17H19F2NO. The fraction of sp³-hybridized carbons (Fsp3) is 0.294. The molecule has 0 saturated carbocycles. The summed E-state index contributed by atoms with van der Waals surface area (Å²) in [4.78, 5) is 0. The molecule has 0 aliphatic heterocycles. The normalized spacial score (nSPS) is 12.2. The zero-order chi connectivity index (χ0) is 15.2. The lowest BCUT2D eigenvalue weighted by atomic mass is 10.1. The van der Waals surface area contributed by atoms with E-state index in [2.05, 4.69) is 0 Å². The van der Waals surface area contributed by atoms with Crippen LogP contribution < -0.4 is 10.5 Å². The van der Waals surface area contributed by atoms with Gasteiger partial charge in [-0.2, -0.15) is 0 Å². The van der Waals surface area contributed by atoms with Crippen LogP contribution in [0, 0.1) is 11.6 Å². The van der Waals surface area contributed by atoms with Gasteiger partial charge < -0.3 is 10.5 Å². The average Bonchev–Trinajstić information content (AvgIpc) is 2.42. The summed E-state index contributed by atoms with van der Waals surface area (Å²) >= 11 is 0. The Balaban J connectivity index is 2.00. The van der Waals surface area contributed by atoms with Gasteiger partial charge in [-0.1, -0.05) is 30.3 Å². The monoisotopic (exact) mass is 291 g/mol. The second-order valence-corrected chi connectivity index (χ2v) is 5.15. The second kappa shape index (κ2) is 7.18. The van der Waals surface area contributed by atoms with E-state index in [4.69, 9.17) is 10.5 Å². The molecule has 0 aliphatic carbocycles. The zero-order valence-electron chi connectivity index (χ0n) is 12.0. The van der Waals surface area contributed by atoms with Crippen molar-refractivity contribution in [3.63, 3.8) is 0 Å². The lowest BCUT2D eigenvalue weighted by Gasteiger charge is -2.11. The smallest absolute Gasteiger partial charge is 0.190 e. The van der Waals surface area contributed by atoms with E-state index in [1.54, 1.807) is 6.92 Å². The van der Waals surface area contributed by atoms with E-state index in [-0.39, 0.29) is 18.4 Å². The van der Waals surface area contributed by atoms with Crippen LogP contribution in [0.2, 0.25) is 0 Å². The van der Waals surface area contributed by atoms with Crippen LogP contribution in [0.5, 0.6) is 5.75 Å². The predicted molar refractivity (Wildman–Crippen MR) is 79.4 cm³/mol. The SMILES string of the molecule is CC(N)Cc1cc(F)c(OCCc2ccccc2)c(F)c1. The third-order valence-electron chi connectivity index (χ3n) is 3.10. The summed E-state index contributed by atoms with van der Waals surface area (Å²) in [5.74, 6) is -1.68. The highest BCUT2D eigenvalue weighted by molar-refractivity contribution is 5.32. The summed E-state index contributed by atoms with van der Waals surface area (Å²) in [6, 6.07) is 12.1. The molecule has 112 valence electrons. The van der Waals surface area contributed by atoms with Gasteiger partial charge in [-0.15, -0.1) is 0 Å². The summed E-state index contributed by atoms with van der Waals surface area (Å²) in [7, 11) is 0. The van der Waals surface area contributed by atoms with Crippen molar-refractivity contribution in [3.8, 4) is 5.75 Å². The van der Waals surface area contributed by atoms with Crippen LogP contribution >= 0.6 is 0 Å². The molecule has 2 N–H and O–H groups in total.